The lowest BCUT2D eigenvalue weighted by Gasteiger charge is -2.05. The monoisotopic (exact) mass is 246 g/mol. The van der Waals surface area contributed by atoms with Gasteiger partial charge < -0.3 is 5.32 Å². The van der Waals surface area contributed by atoms with Crippen LogP contribution in [-0.2, 0) is 14.4 Å². The van der Waals surface area contributed by atoms with E-state index >= 15 is 0 Å². The van der Waals surface area contributed by atoms with Gasteiger partial charge >= 0.3 is 11.8 Å². The molecular formula is C9H8ClFN2O3. The van der Waals surface area contributed by atoms with Crippen molar-refractivity contribution >= 4 is 29.1 Å². The standard InChI is InChI=1S/C9H8ClFN2O3/c1-16-13-9(15)8(14)12-5-2-3-6(10)7(11)4-5/h2-4H,1H3,(H,12,14)(H,13,15). The highest BCUT2D eigenvalue weighted by Gasteiger charge is 2.13. The van der Waals surface area contributed by atoms with Crippen LogP contribution in [0, 0.1) is 5.82 Å². The predicted octanol–water partition coefficient (Wildman–Crippen LogP) is 1.10. The first-order valence-electron chi connectivity index (χ1n) is 4.14. The van der Waals surface area contributed by atoms with E-state index in [2.05, 4.69) is 10.2 Å². The third kappa shape index (κ3) is 3.18. The van der Waals surface area contributed by atoms with Crippen molar-refractivity contribution in [2.45, 2.75) is 0 Å². The molecule has 5 nitrogen and oxygen atoms in total. The molecule has 0 aliphatic carbocycles. The maximum Gasteiger partial charge on any atom is 0.333 e. The van der Waals surface area contributed by atoms with Gasteiger partial charge in [0, 0.05) is 5.69 Å². The Labute approximate surface area is 95.5 Å². The van der Waals surface area contributed by atoms with Gasteiger partial charge in [0.1, 0.15) is 5.82 Å². The molecule has 0 bridgehead atoms. The third-order valence-corrected chi connectivity index (χ3v) is 1.88. The van der Waals surface area contributed by atoms with E-state index in [1.54, 1.807) is 0 Å². The molecule has 0 atom stereocenters. The summed E-state index contributed by atoms with van der Waals surface area (Å²) in [6.07, 6.45) is 0. The Morgan fingerprint density at radius 3 is 2.62 bits per heavy atom. The van der Waals surface area contributed by atoms with Gasteiger partial charge in [0.2, 0.25) is 0 Å². The number of anilines is 1. The molecule has 7 heteroatoms. The van der Waals surface area contributed by atoms with Crippen LogP contribution in [0.3, 0.4) is 0 Å². The van der Waals surface area contributed by atoms with Gasteiger partial charge in [-0.3, -0.25) is 14.4 Å². The van der Waals surface area contributed by atoms with E-state index in [4.69, 9.17) is 11.6 Å². The van der Waals surface area contributed by atoms with Crippen LogP contribution < -0.4 is 10.8 Å². The molecule has 0 unspecified atom stereocenters. The van der Waals surface area contributed by atoms with Gasteiger partial charge in [0.15, 0.2) is 0 Å². The van der Waals surface area contributed by atoms with Crippen molar-refractivity contribution in [3.63, 3.8) is 0 Å². The number of hydrogen-bond acceptors (Lipinski definition) is 3. The van der Waals surface area contributed by atoms with E-state index in [0.29, 0.717) is 0 Å². The van der Waals surface area contributed by atoms with Crippen molar-refractivity contribution in [3.8, 4) is 0 Å². The van der Waals surface area contributed by atoms with E-state index in [9.17, 15) is 14.0 Å². The molecule has 0 aliphatic rings. The van der Waals surface area contributed by atoms with Crippen LogP contribution in [0.2, 0.25) is 5.02 Å². The number of hydroxylamine groups is 1. The van der Waals surface area contributed by atoms with Crippen molar-refractivity contribution in [3.05, 3.63) is 29.0 Å². The zero-order valence-corrected chi connectivity index (χ0v) is 8.97. The van der Waals surface area contributed by atoms with Gasteiger partial charge in [-0.1, -0.05) is 11.6 Å². The van der Waals surface area contributed by atoms with Gasteiger partial charge in [-0.2, -0.15) is 0 Å². The van der Waals surface area contributed by atoms with Crippen LogP contribution in [0.5, 0.6) is 0 Å². The topological polar surface area (TPSA) is 67.4 Å². The number of hydrogen-bond donors (Lipinski definition) is 2. The molecule has 16 heavy (non-hydrogen) atoms. The second-order valence-electron chi connectivity index (χ2n) is 2.72. The Hall–Kier alpha value is -1.66. The molecule has 0 fully saturated rings. The molecule has 86 valence electrons. The highest BCUT2D eigenvalue weighted by molar-refractivity contribution is 6.39. The Morgan fingerprint density at radius 2 is 2.06 bits per heavy atom. The Kier molecular flexibility index (Phi) is 4.21. The minimum absolute atomic E-state index is 0.0701. The fourth-order valence-electron chi connectivity index (χ4n) is 0.901. The smallest absolute Gasteiger partial charge is 0.318 e. The highest BCUT2D eigenvalue weighted by atomic mass is 35.5. The minimum Gasteiger partial charge on any atom is -0.318 e. The predicted molar refractivity (Wildman–Crippen MR) is 55.2 cm³/mol. The van der Waals surface area contributed by atoms with E-state index < -0.39 is 17.6 Å². The van der Waals surface area contributed by atoms with E-state index in [1.165, 1.54) is 19.2 Å². The van der Waals surface area contributed by atoms with Crippen molar-refractivity contribution in [1.29, 1.82) is 0 Å². The molecule has 0 aromatic heterocycles. The van der Waals surface area contributed by atoms with Crippen molar-refractivity contribution in [1.82, 2.24) is 5.48 Å². The molecule has 1 aromatic carbocycles. The van der Waals surface area contributed by atoms with Gasteiger partial charge in [-0.05, 0) is 18.2 Å². The average molecular weight is 247 g/mol. The fourth-order valence-corrected chi connectivity index (χ4v) is 1.02. The van der Waals surface area contributed by atoms with Crippen LogP contribution in [-0.4, -0.2) is 18.9 Å². The van der Waals surface area contributed by atoms with Gasteiger partial charge in [0.25, 0.3) is 0 Å². The molecule has 0 spiro atoms. The second-order valence-corrected chi connectivity index (χ2v) is 3.13. The van der Waals surface area contributed by atoms with E-state index in [-0.39, 0.29) is 10.7 Å². The fraction of sp³-hybridized carbons (Fsp3) is 0.111. The van der Waals surface area contributed by atoms with Gasteiger partial charge in [0.05, 0.1) is 12.1 Å². The van der Waals surface area contributed by atoms with Crippen LogP contribution in [0.15, 0.2) is 18.2 Å². The first-order valence-corrected chi connectivity index (χ1v) is 4.51. The minimum atomic E-state index is -0.988. The molecule has 0 aliphatic heterocycles. The molecule has 0 saturated carbocycles. The Morgan fingerprint density at radius 1 is 1.38 bits per heavy atom. The zero-order valence-electron chi connectivity index (χ0n) is 8.21. The summed E-state index contributed by atoms with van der Waals surface area (Å²) in [6, 6.07) is 3.63. The average Bonchev–Trinajstić information content (AvgIpc) is 2.24. The van der Waals surface area contributed by atoms with Crippen molar-refractivity contribution in [2.24, 2.45) is 0 Å². The normalized spacial score (nSPS) is 9.69. The number of halogens is 2. The lowest BCUT2D eigenvalue weighted by atomic mass is 10.3. The lowest BCUT2D eigenvalue weighted by molar-refractivity contribution is -0.142. The zero-order chi connectivity index (χ0) is 12.1. The van der Waals surface area contributed by atoms with Crippen molar-refractivity contribution in [2.75, 3.05) is 12.4 Å². The molecule has 0 heterocycles. The maximum atomic E-state index is 13.0. The molecule has 2 amide bonds. The molecule has 0 radical (unpaired) electrons. The summed E-state index contributed by atoms with van der Waals surface area (Å²) in [6.45, 7) is 0. The number of rotatable bonds is 2. The SMILES string of the molecule is CONC(=O)C(=O)Nc1ccc(Cl)c(F)c1. The molecule has 1 aromatic rings. The quantitative estimate of drug-likeness (QED) is 0.606. The van der Waals surface area contributed by atoms with Gasteiger partial charge in [-0.25, -0.2) is 9.87 Å². The van der Waals surface area contributed by atoms with Gasteiger partial charge in [-0.15, -0.1) is 0 Å². The Balaban J connectivity index is 2.70. The molecule has 0 saturated heterocycles. The number of carbonyl (C=O) groups is 2. The summed E-state index contributed by atoms with van der Waals surface area (Å²) in [7, 11) is 1.19. The number of benzene rings is 1. The summed E-state index contributed by atoms with van der Waals surface area (Å²) in [5.41, 5.74) is 1.94. The summed E-state index contributed by atoms with van der Waals surface area (Å²) >= 11 is 5.44. The summed E-state index contributed by atoms with van der Waals surface area (Å²) in [5, 5.41) is 2.09. The highest BCUT2D eigenvalue weighted by Crippen LogP contribution is 2.18. The Bertz CT molecular complexity index is 425. The largest absolute Gasteiger partial charge is 0.333 e. The van der Waals surface area contributed by atoms with Crippen LogP contribution >= 0.6 is 11.6 Å². The number of amides is 2. The summed E-state index contributed by atoms with van der Waals surface area (Å²) < 4.78 is 13.0. The van der Waals surface area contributed by atoms with Crippen LogP contribution in [0.25, 0.3) is 0 Å². The second kappa shape index (κ2) is 5.43. The number of nitrogens with one attached hydrogen (secondary N) is 2. The first-order chi connectivity index (χ1) is 7.54. The third-order valence-electron chi connectivity index (χ3n) is 1.58. The van der Waals surface area contributed by atoms with E-state index in [0.717, 1.165) is 6.07 Å². The number of carbonyl (C=O) groups excluding carboxylic acids is 2. The molecule has 2 N–H and O–H groups in total. The van der Waals surface area contributed by atoms with Crippen LogP contribution in [0.1, 0.15) is 0 Å². The summed E-state index contributed by atoms with van der Waals surface area (Å²) in [4.78, 5) is 26.3. The summed E-state index contributed by atoms with van der Waals surface area (Å²) in [5.74, 6) is -2.65. The maximum absolute atomic E-state index is 13.0. The molecule has 1 rings (SSSR count). The first kappa shape index (κ1) is 12.4. The lowest BCUT2D eigenvalue weighted by Crippen LogP contribution is -2.34. The van der Waals surface area contributed by atoms with E-state index in [1.807, 2.05) is 5.48 Å². The molecular weight excluding hydrogens is 239 g/mol. The van der Waals surface area contributed by atoms with Crippen molar-refractivity contribution < 1.29 is 18.8 Å². The van der Waals surface area contributed by atoms with Crippen LogP contribution in [0.4, 0.5) is 10.1 Å².